The maximum absolute atomic E-state index is 12.9. The quantitative estimate of drug-likeness (QED) is 0.733. The van der Waals surface area contributed by atoms with Gasteiger partial charge in [-0.15, -0.1) is 0 Å². The number of hydrogen-bond donors (Lipinski definition) is 2. The Morgan fingerprint density at radius 2 is 1.55 bits per heavy atom. The van der Waals surface area contributed by atoms with E-state index in [1.165, 1.54) is 30.3 Å². The third-order valence-corrected chi connectivity index (χ3v) is 3.15. The van der Waals surface area contributed by atoms with Crippen LogP contribution in [0.25, 0.3) is 0 Å². The minimum atomic E-state index is -4.48. The van der Waals surface area contributed by atoms with E-state index >= 15 is 0 Å². The van der Waals surface area contributed by atoms with Crippen LogP contribution in [0.5, 0.6) is 0 Å². The summed E-state index contributed by atoms with van der Waals surface area (Å²) in [5.74, 6) is 0. The number of nitrogens with one attached hydrogen (secondary N) is 1. The van der Waals surface area contributed by atoms with Crippen molar-refractivity contribution in [1.82, 2.24) is 0 Å². The van der Waals surface area contributed by atoms with E-state index in [-0.39, 0.29) is 21.4 Å². The van der Waals surface area contributed by atoms with Gasteiger partial charge in [0.15, 0.2) is 0 Å². The average molecular weight is 321 g/mol. The molecule has 0 spiro atoms. The number of nitrogens with two attached hydrogens (primary N) is 1. The fourth-order valence-corrected chi connectivity index (χ4v) is 2.28. The van der Waals surface area contributed by atoms with Gasteiger partial charge < -0.3 is 11.1 Å². The van der Waals surface area contributed by atoms with Gasteiger partial charge in [0.25, 0.3) is 0 Å². The summed E-state index contributed by atoms with van der Waals surface area (Å²) in [5.41, 5.74) is 5.12. The van der Waals surface area contributed by atoms with Crippen molar-refractivity contribution in [3.05, 3.63) is 52.0 Å². The summed E-state index contributed by atoms with van der Waals surface area (Å²) in [4.78, 5) is 0. The molecule has 0 unspecified atom stereocenters. The van der Waals surface area contributed by atoms with Gasteiger partial charge in [-0.3, -0.25) is 0 Å². The molecule has 0 saturated carbocycles. The predicted octanol–water partition coefficient (Wildman–Crippen LogP) is 5.34. The molecule has 0 heterocycles. The highest BCUT2D eigenvalue weighted by Crippen LogP contribution is 2.39. The van der Waals surface area contributed by atoms with Crippen LogP contribution in [-0.2, 0) is 6.18 Å². The van der Waals surface area contributed by atoms with E-state index in [2.05, 4.69) is 5.32 Å². The Morgan fingerprint density at radius 3 is 2.10 bits per heavy atom. The molecule has 106 valence electrons. The molecular formula is C13H9Cl2F3N2. The summed E-state index contributed by atoms with van der Waals surface area (Å²) in [7, 11) is 0. The molecule has 2 rings (SSSR count). The van der Waals surface area contributed by atoms with Crippen molar-refractivity contribution in [2.45, 2.75) is 6.18 Å². The summed E-state index contributed by atoms with van der Waals surface area (Å²) in [6.07, 6.45) is -4.48. The number of nitrogen functional groups attached to an aromatic ring is 1. The van der Waals surface area contributed by atoms with Crippen LogP contribution in [-0.4, -0.2) is 0 Å². The number of benzene rings is 2. The van der Waals surface area contributed by atoms with Gasteiger partial charge in [-0.2, -0.15) is 13.2 Å². The maximum Gasteiger partial charge on any atom is 0.418 e. The van der Waals surface area contributed by atoms with Crippen molar-refractivity contribution in [3.63, 3.8) is 0 Å². The van der Waals surface area contributed by atoms with Gasteiger partial charge in [-0.05, 0) is 24.3 Å². The summed E-state index contributed by atoms with van der Waals surface area (Å²) >= 11 is 11.9. The lowest BCUT2D eigenvalue weighted by Gasteiger charge is -2.16. The van der Waals surface area contributed by atoms with Gasteiger partial charge in [0.1, 0.15) is 0 Å². The van der Waals surface area contributed by atoms with Gasteiger partial charge in [0.05, 0.1) is 27.0 Å². The van der Waals surface area contributed by atoms with Crippen LogP contribution in [0, 0.1) is 0 Å². The Morgan fingerprint density at radius 1 is 1.00 bits per heavy atom. The number of anilines is 3. The summed E-state index contributed by atoms with van der Waals surface area (Å²) in [5, 5.41) is 2.89. The summed E-state index contributed by atoms with van der Waals surface area (Å²) in [6.45, 7) is 0. The Balaban J connectivity index is 2.46. The van der Waals surface area contributed by atoms with E-state index in [9.17, 15) is 13.2 Å². The first-order valence-electron chi connectivity index (χ1n) is 5.47. The lowest BCUT2D eigenvalue weighted by Crippen LogP contribution is -2.08. The Kier molecular flexibility index (Phi) is 4.01. The lowest BCUT2D eigenvalue weighted by atomic mass is 10.1. The van der Waals surface area contributed by atoms with Gasteiger partial charge in [-0.1, -0.05) is 35.3 Å². The van der Waals surface area contributed by atoms with Crippen molar-refractivity contribution in [3.8, 4) is 0 Å². The molecule has 0 aromatic heterocycles. The molecule has 2 nitrogen and oxygen atoms in total. The van der Waals surface area contributed by atoms with Crippen LogP contribution in [0.15, 0.2) is 36.4 Å². The van der Waals surface area contributed by atoms with Crippen LogP contribution in [0.4, 0.5) is 30.2 Å². The second-order valence-corrected chi connectivity index (χ2v) is 4.84. The number of rotatable bonds is 2. The SMILES string of the molecule is Nc1cc(Cl)c(Nc2ccccc2C(F)(F)F)c(Cl)c1. The fourth-order valence-electron chi connectivity index (χ4n) is 1.69. The molecular weight excluding hydrogens is 312 g/mol. The molecule has 0 aliphatic rings. The Bertz CT molecular complexity index is 619. The first-order chi connectivity index (χ1) is 9.29. The van der Waals surface area contributed by atoms with Crippen LogP contribution in [0.3, 0.4) is 0 Å². The van der Waals surface area contributed by atoms with Crippen molar-refractivity contribution in [2.24, 2.45) is 0 Å². The molecule has 0 radical (unpaired) electrons. The van der Waals surface area contributed by atoms with Crippen LogP contribution < -0.4 is 11.1 Å². The number of para-hydroxylation sites is 1. The molecule has 0 atom stereocenters. The number of hydrogen-bond acceptors (Lipinski definition) is 2. The smallest absolute Gasteiger partial charge is 0.399 e. The molecule has 0 aliphatic heterocycles. The summed E-state index contributed by atoms with van der Waals surface area (Å²) < 4.78 is 38.7. The molecule has 2 aromatic rings. The lowest BCUT2D eigenvalue weighted by molar-refractivity contribution is -0.136. The first-order valence-corrected chi connectivity index (χ1v) is 6.22. The largest absolute Gasteiger partial charge is 0.418 e. The topological polar surface area (TPSA) is 38.0 Å². The van der Waals surface area contributed by atoms with Crippen LogP contribution >= 0.6 is 23.2 Å². The monoisotopic (exact) mass is 320 g/mol. The highest BCUT2D eigenvalue weighted by Gasteiger charge is 2.33. The second-order valence-electron chi connectivity index (χ2n) is 4.03. The predicted molar refractivity (Wildman–Crippen MR) is 75.6 cm³/mol. The molecule has 0 bridgehead atoms. The van der Waals surface area contributed by atoms with Crippen LogP contribution in [0.2, 0.25) is 10.0 Å². The van der Waals surface area contributed by atoms with Gasteiger partial charge in [-0.25, -0.2) is 0 Å². The maximum atomic E-state index is 12.9. The zero-order chi connectivity index (χ0) is 14.9. The number of alkyl halides is 3. The van der Waals surface area contributed by atoms with E-state index in [0.29, 0.717) is 5.69 Å². The van der Waals surface area contributed by atoms with Crippen LogP contribution in [0.1, 0.15) is 5.56 Å². The molecule has 0 fully saturated rings. The molecule has 3 N–H and O–H groups in total. The van der Waals surface area contributed by atoms with Crippen molar-refractivity contribution < 1.29 is 13.2 Å². The van der Waals surface area contributed by atoms with Crippen molar-refractivity contribution in [1.29, 1.82) is 0 Å². The third kappa shape index (κ3) is 3.11. The second kappa shape index (κ2) is 5.42. The van der Waals surface area contributed by atoms with E-state index < -0.39 is 11.7 Å². The molecule has 0 amide bonds. The van der Waals surface area contributed by atoms with E-state index in [0.717, 1.165) is 6.07 Å². The highest BCUT2D eigenvalue weighted by atomic mass is 35.5. The standard InChI is InChI=1S/C13H9Cl2F3N2/c14-9-5-7(19)6-10(15)12(9)20-11-4-2-1-3-8(11)13(16,17)18/h1-6,20H,19H2. The normalized spacial score (nSPS) is 11.4. The third-order valence-electron chi connectivity index (χ3n) is 2.56. The van der Waals surface area contributed by atoms with Gasteiger partial charge in [0, 0.05) is 5.69 Å². The Hall–Kier alpha value is -1.59. The number of halogens is 5. The zero-order valence-corrected chi connectivity index (χ0v) is 11.4. The minimum absolute atomic E-state index is 0.131. The molecule has 7 heteroatoms. The van der Waals surface area contributed by atoms with E-state index in [1.807, 2.05) is 0 Å². The van der Waals surface area contributed by atoms with E-state index in [1.54, 1.807) is 0 Å². The van der Waals surface area contributed by atoms with Crippen molar-refractivity contribution in [2.75, 3.05) is 11.1 Å². The summed E-state index contributed by atoms with van der Waals surface area (Å²) in [6, 6.07) is 7.88. The molecule has 2 aromatic carbocycles. The highest BCUT2D eigenvalue weighted by molar-refractivity contribution is 6.39. The first kappa shape index (κ1) is 14.8. The Labute approximate surface area is 123 Å². The van der Waals surface area contributed by atoms with E-state index in [4.69, 9.17) is 28.9 Å². The molecule has 20 heavy (non-hydrogen) atoms. The van der Waals surface area contributed by atoms with Gasteiger partial charge in [0.2, 0.25) is 0 Å². The molecule has 0 saturated heterocycles. The van der Waals surface area contributed by atoms with Crippen molar-refractivity contribution >= 4 is 40.3 Å². The minimum Gasteiger partial charge on any atom is -0.399 e. The molecule has 0 aliphatic carbocycles. The zero-order valence-electron chi connectivity index (χ0n) is 9.93. The average Bonchev–Trinajstić information content (AvgIpc) is 2.33. The van der Waals surface area contributed by atoms with Gasteiger partial charge >= 0.3 is 6.18 Å². The fraction of sp³-hybridized carbons (Fsp3) is 0.0769.